The van der Waals surface area contributed by atoms with Crippen molar-refractivity contribution in [2.45, 2.75) is 45.8 Å². The molecule has 192 valence electrons. The number of likely N-dealkylation sites (tertiary alicyclic amines) is 1. The van der Waals surface area contributed by atoms with Crippen LogP contribution in [0.2, 0.25) is 0 Å². The Kier molecular flexibility index (Phi) is 8.11. The van der Waals surface area contributed by atoms with Crippen LogP contribution < -0.4 is 4.74 Å². The molecule has 7 nitrogen and oxygen atoms in total. The molecule has 2 fully saturated rings. The van der Waals surface area contributed by atoms with Gasteiger partial charge < -0.3 is 19.5 Å². The Balaban J connectivity index is 1.70. The summed E-state index contributed by atoms with van der Waals surface area (Å²) in [5, 5.41) is 11.3. The minimum absolute atomic E-state index is 0.0232. The molecule has 1 atom stereocenters. The van der Waals surface area contributed by atoms with Gasteiger partial charge in [0.05, 0.1) is 30.9 Å². The maximum Gasteiger partial charge on any atom is 0.295 e. The second-order valence-corrected chi connectivity index (χ2v) is 9.96. The number of carbonyl (C=O) groups is 2. The second kappa shape index (κ2) is 11.3. The van der Waals surface area contributed by atoms with Crippen LogP contribution in [0.1, 0.15) is 56.3 Å². The maximum absolute atomic E-state index is 13.3. The monoisotopic (exact) mass is 492 g/mol. The second-order valence-electron chi connectivity index (χ2n) is 9.96. The summed E-state index contributed by atoms with van der Waals surface area (Å²) in [5.41, 5.74) is 2.57. The number of carbonyl (C=O) groups excluding carboxylic acids is 2. The van der Waals surface area contributed by atoms with Gasteiger partial charge in [-0.05, 0) is 55.2 Å². The van der Waals surface area contributed by atoms with Gasteiger partial charge >= 0.3 is 0 Å². The molecule has 0 saturated carbocycles. The molecular formula is C29H36N2O5. The van der Waals surface area contributed by atoms with Crippen LogP contribution in [0, 0.1) is 0 Å². The summed E-state index contributed by atoms with van der Waals surface area (Å²) in [7, 11) is 0. The minimum atomic E-state index is -0.657. The van der Waals surface area contributed by atoms with Crippen LogP contribution in [0.25, 0.3) is 5.76 Å². The zero-order chi connectivity index (χ0) is 25.8. The predicted octanol–water partition coefficient (Wildman–Crippen LogP) is 4.35. The SMILES string of the molecule is CC(C)Oc1ccc(/C(O)=C2/C(=O)C(=O)N(CCN3CCOCC3)C2c2ccc(C(C)C)cc2)cc1. The van der Waals surface area contributed by atoms with Gasteiger partial charge in [-0.25, -0.2) is 0 Å². The van der Waals surface area contributed by atoms with Crippen LogP contribution in [-0.2, 0) is 14.3 Å². The number of aliphatic hydroxyl groups excluding tert-OH is 1. The van der Waals surface area contributed by atoms with Crippen LogP contribution in [0.4, 0.5) is 0 Å². The quantitative estimate of drug-likeness (QED) is 0.335. The van der Waals surface area contributed by atoms with Crippen molar-refractivity contribution in [3.63, 3.8) is 0 Å². The average Bonchev–Trinajstić information content (AvgIpc) is 3.12. The highest BCUT2D eigenvalue weighted by molar-refractivity contribution is 6.46. The molecule has 0 aliphatic carbocycles. The molecular weight excluding hydrogens is 456 g/mol. The molecule has 1 amide bonds. The Morgan fingerprint density at radius 3 is 2.19 bits per heavy atom. The van der Waals surface area contributed by atoms with Crippen LogP contribution >= 0.6 is 0 Å². The van der Waals surface area contributed by atoms with Crippen molar-refractivity contribution in [2.24, 2.45) is 0 Å². The van der Waals surface area contributed by atoms with Crippen LogP contribution in [0.15, 0.2) is 54.1 Å². The third-order valence-corrected chi connectivity index (χ3v) is 6.72. The lowest BCUT2D eigenvalue weighted by molar-refractivity contribution is -0.140. The van der Waals surface area contributed by atoms with Gasteiger partial charge in [0.15, 0.2) is 0 Å². The maximum atomic E-state index is 13.3. The Bertz CT molecular complexity index is 1100. The molecule has 0 spiro atoms. The van der Waals surface area contributed by atoms with Crippen molar-refractivity contribution in [3.05, 3.63) is 70.8 Å². The normalized spacial score (nSPS) is 20.5. The van der Waals surface area contributed by atoms with Crippen LogP contribution in [0.3, 0.4) is 0 Å². The molecule has 2 aliphatic rings. The van der Waals surface area contributed by atoms with E-state index in [1.807, 2.05) is 38.1 Å². The number of benzene rings is 2. The van der Waals surface area contributed by atoms with E-state index in [9.17, 15) is 14.7 Å². The molecule has 0 aromatic heterocycles. The number of hydrogen-bond acceptors (Lipinski definition) is 6. The summed E-state index contributed by atoms with van der Waals surface area (Å²) >= 11 is 0. The summed E-state index contributed by atoms with van der Waals surface area (Å²) in [4.78, 5) is 30.3. The average molecular weight is 493 g/mol. The number of hydrogen-bond donors (Lipinski definition) is 1. The zero-order valence-electron chi connectivity index (χ0n) is 21.6. The minimum Gasteiger partial charge on any atom is -0.507 e. The largest absolute Gasteiger partial charge is 0.507 e. The number of aliphatic hydroxyl groups is 1. The smallest absolute Gasteiger partial charge is 0.295 e. The first kappa shape index (κ1) is 25.9. The molecule has 0 radical (unpaired) electrons. The summed E-state index contributed by atoms with van der Waals surface area (Å²) in [6.45, 7) is 12.1. The third-order valence-electron chi connectivity index (χ3n) is 6.72. The first-order valence-corrected chi connectivity index (χ1v) is 12.7. The van der Waals surface area contributed by atoms with E-state index < -0.39 is 17.7 Å². The number of amides is 1. The molecule has 36 heavy (non-hydrogen) atoms. The van der Waals surface area contributed by atoms with Gasteiger partial charge in [-0.1, -0.05) is 38.1 Å². The van der Waals surface area contributed by atoms with Crippen molar-refractivity contribution in [3.8, 4) is 5.75 Å². The highest BCUT2D eigenvalue weighted by Crippen LogP contribution is 2.39. The van der Waals surface area contributed by atoms with Gasteiger partial charge in [-0.15, -0.1) is 0 Å². The molecule has 4 rings (SSSR count). The summed E-state index contributed by atoms with van der Waals surface area (Å²) in [6.07, 6.45) is 0.0232. The van der Waals surface area contributed by atoms with Crippen LogP contribution in [0.5, 0.6) is 5.75 Å². The number of nitrogens with zero attached hydrogens (tertiary/aromatic N) is 2. The highest BCUT2D eigenvalue weighted by atomic mass is 16.5. The van der Waals surface area contributed by atoms with E-state index >= 15 is 0 Å². The zero-order valence-corrected chi connectivity index (χ0v) is 21.6. The number of rotatable bonds is 8. The van der Waals surface area contributed by atoms with Gasteiger partial charge in [0.2, 0.25) is 0 Å². The first-order chi connectivity index (χ1) is 17.3. The van der Waals surface area contributed by atoms with E-state index in [1.54, 1.807) is 29.2 Å². The molecule has 2 heterocycles. The van der Waals surface area contributed by atoms with E-state index in [0.29, 0.717) is 43.5 Å². The summed E-state index contributed by atoms with van der Waals surface area (Å²) in [6, 6.07) is 14.3. The Labute approximate surface area is 213 Å². The lowest BCUT2D eigenvalue weighted by atomic mass is 9.93. The number of ether oxygens (including phenoxy) is 2. The fourth-order valence-electron chi connectivity index (χ4n) is 4.71. The number of morpholine rings is 1. The van der Waals surface area contributed by atoms with E-state index in [-0.39, 0.29) is 17.4 Å². The Morgan fingerprint density at radius 2 is 1.61 bits per heavy atom. The highest BCUT2D eigenvalue weighted by Gasteiger charge is 2.46. The lowest BCUT2D eigenvalue weighted by Crippen LogP contribution is -2.42. The van der Waals surface area contributed by atoms with E-state index in [0.717, 1.165) is 18.7 Å². The number of Topliss-reactive ketones (excluding diaryl/α,β-unsaturated/α-hetero) is 1. The molecule has 7 heteroatoms. The Morgan fingerprint density at radius 1 is 0.972 bits per heavy atom. The Hall–Kier alpha value is -3.16. The van der Waals surface area contributed by atoms with Crippen LogP contribution in [-0.4, -0.2) is 72.1 Å². The fraction of sp³-hybridized carbons (Fsp3) is 0.448. The predicted molar refractivity (Wildman–Crippen MR) is 139 cm³/mol. The fourth-order valence-corrected chi connectivity index (χ4v) is 4.71. The van der Waals surface area contributed by atoms with Gasteiger partial charge in [0.1, 0.15) is 11.5 Å². The molecule has 1 N–H and O–H groups in total. The first-order valence-electron chi connectivity index (χ1n) is 12.7. The lowest BCUT2D eigenvalue weighted by Gasteiger charge is -2.31. The third kappa shape index (κ3) is 5.63. The summed E-state index contributed by atoms with van der Waals surface area (Å²) < 4.78 is 11.1. The van der Waals surface area contributed by atoms with E-state index in [1.165, 1.54) is 5.56 Å². The van der Waals surface area contributed by atoms with Gasteiger partial charge in [-0.3, -0.25) is 14.5 Å². The molecule has 2 aliphatic heterocycles. The number of ketones is 1. The van der Waals surface area contributed by atoms with E-state index in [4.69, 9.17) is 9.47 Å². The molecule has 2 aromatic carbocycles. The van der Waals surface area contributed by atoms with E-state index in [2.05, 4.69) is 18.7 Å². The summed E-state index contributed by atoms with van der Waals surface area (Å²) in [5.74, 6) is -0.375. The van der Waals surface area contributed by atoms with Gasteiger partial charge in [-0.2, -0.15) is 0 Å². The van der Waals surface area contributed by atoms with Crippen molar-refractivity contribution in [1.82, 2.24) is 9.80 Å². The standard InChI is InChI=1S/C29H36N2O5/c1-19(2)21-5-7-22(8-6-21)26-25(27(32)23-9-11-24(12-10-23)36-20(3)4)28(33)29(34)31(26)14-13-30-15-17-35-18-16-30/h5-12,19-20,26,32H,13-18H2,1-4H3/b27-25-. The van der Waals surface area contributed by atoms with Crippen molar-refractivity contribution >= 4 is 17.4 Å². The molecule has 2 saturated heterocycles. The molecule has 1 unspecified atom stereocenters. The molecule has 2 aromatic rings. The molecule has 0 bridgehead atoms. The van der Waals surface area contributed by atoms with Gasteiger partial charge in [0, 0.05) is 31.7 Å². The van der Waals surface area contributed by atoms with Crippen molar-refractivity contribution in [1.29, 1.82) is 0 Å². The topological polar surface area (TPSA) is 79.3 Å². The van der Waals surface area contributed by atoms with Crippen molar-refractivity contribution in [2.75, 3.05) is 39.4 Å². The van der Waals surface area contributed by atoms with Gasteiger partial charge in [0.25, 0.3) is 11.7 Å². The van der Waals surface area contributed by atoms with Crippen molar-refractivity contribution < 1.29 is 24.2 Å².